The summed E-state index contributed by atoms with van der Waals surface area (Å²) in [4.78, 5) is 75.8. The minimum Gasteiger partial charge on any atom is -0.480 e. The van der Waals surface area contributed by atoms with Crippen LogP contribution in [-0.2, 0) is 41.6 Å². The van der Waals surface area contributed by atoms with Crippen LogP contribution in [0.2, 0.25) is 0 Å². The summed E-state index contributed by atoms with van der Waals surface area (Å²) in [6.45, 7) is 4.84. The monoisotopic (exact) mass is 744 g/mol. The number of carbonyl (C=O) groups excluding carboxylic acids is 5. The largest absolute Gasteiger partial charge is 0.480 e. The molecule has 3 rings (SSSR count). The van der Waals surface area contributed by atoms with Gasteiger partial charge in [0.2, 0.25) is 29.5 Å². The summed E-state index contributed by atoms with van der Waals surface area (Å²) < 4.78 is 0. The van der Waals surface area contributed by atoms with E-state index in [-0.39, 0.29) is 49.9 Å². The van der Waals surface area contributed by atoms with E-state index < -0.39 is 35.9 Å². The van der Waals surface area contributed by atoms with Gasteiger partial charge in [-0.3, -0.25) is 24.0 Å². The van der Waals surface area contributed by atoms with Gasteiger partial charge in [-0.05, 0) is 68.0 Å². The summed E-state index contributed by atoms with van der Waals surface area (Å²) in [7, 11) is 1.61. The number of aliphatic carboxylic acids is 1. The van der Waals surface area contributed by atoms with E-state index in [1.165, 1.54) is 0 Å². The number of likely N-dealkylation sites (N-methyl/N-ethyl adjacent to an activating group) is 1. The Kier molecular flexibility index (Phi) is 18.7. The van der Waals surface area contributed by atoms with Crippen LogP contribution in [0, 0.1) is 6.92 Å². The van der Waals surface area contributed by atoms with Crippen LogP contribution in [0.1, 0.15) is 75.0 Å². The number of carboxylic acid groups (broad SMARTS) is 1. The number of hydrogen-bond acceptors (Lipinski definition) is 7. The predicted octanol–water partition coefficient (Wildman–Crippen LogP) is 3.06. The molecule has 5 amide bonds. The van der Waals surface area contributed by atoms with Crippen molar-refractivity contribution in [2.24, 2.45) is 0 Å². The minimum absolute atomic E-state index is 0.00428. The number of nitrogens with one attached hydrogen (secondary N) is 6. The van der Waals surface area contributed by atoms with Crippen LogP contribution in [0.4, 0.5) is 0 Å². The molecule has 3 atom stereocenters. The number of fused-ring (bicyclic) bond motifs is 1. The third-order valence-electron chi connectivity index (χ3n) is 8.95. The van der Waals surface area contributed by atoms with Gasteiger partial charge in [0.1, 0.15) is 18.1 Å². The van der Waals surface area contributed by atoms with Crippen LogP contribution < -0.4 is 31.9 Å². The number of rotatable bonds is 24. The number of benzene rings is 3. The third-order valence-corrected chi connectivity index (χ3v) is 8.95. The molecule has 54 heavy (non-hydrogen) atoms. The van der Waals surface area contributed by atoms with Gasteiger partial charge in [0.25, 0.3) is 0 Å². The predicted molar refractivity (Wildman–Crippen MR) is 209 cm³/mol. The highest BCUT2D eigenvalue weighted by molar-refractivity contribution is 5.91. The van der Waals surface area contributed by atoms with Crippen molar-refractivity contribution in [3.8, 4) is 0 Å². The Morgan fingerprint density at radius 1 is 0.630 bits per heavy atom. The van der Waals surface area contributed by atoms with E-state index in [1.807, 2.05) is 80.6 Å². The fourth-order valence-electron chi connectivity index (χ4n) is 5.89. The van der Waals surface area contributed by atoms with Crippen LogP contribution >= 0.6 is 0 Å². The molecule has 13 nitrogen and oxygen atoms in total. The van der Waals surface area contributed by atoms with Crippen LogP contribution in [0.3, 0.4) is 0 Å². The van der Waals surface area contributed by atoms with Crippen molar-refractivity contribution in [1.29, 1.82) is 0 Å². The van der Waals surface area contributed by atoms with Crippen molar-refractivity contribution in [3.63, 3.8) is 0 Å². The Bertz CT molecular complexity index is 1700. The summed E-state index contributed by atoms with van der Waals surface area (Å²) in [6, 6.07) is 18.4. The number of aryl methyl sites for hydroxylation is 1. The van der Waals surface area contributed by atoms with Crippen LogP contribution in [0.25, 0.3) is 10.8 Å². The van der Waals surface area contributed by atoms with Gasteiger partial charge in [-0.25, -0.2) is 4.79 Å². The van der Waals surface area contributed by atoms with Crippen LogP contribution in [-0.4, -0.2) is 85.4 Å². The molecule has 3 unspecified atom stereocenters. The summed E-state index contributed by atoms with van der Waals surface area (Å²) in [5.74, 6) is -2.99. The van der Waals surface area contributed by atoms with Crippen LogP contribution in [0.15, 0.2) is 66.7 Å². The molecule has 0 radical (unpaired) electrons. The lowest BCUT2D eigenvalue weighted by Gasteiger charge is -2.22. The van der Waals surface area contributed by atoms with E-state index in [0.717, 1.165) is 40.3 Å². The zero-order valence-corrected chi connectivity index (χ0v) is 31.7. The maximum absolute atomic E-state index is 13.3. The standard InChI is InChI=1S/C41H56N6O7/c1-4-5-22-44-39(51)34(25-29-18-16-28(2)17-19-29)45-37(49)15-10-14-36(48)43-23-9-8-13-33(41(53)54)47-40(52)35(46-38(50)27-42-3)26-30-20-21-31-11-6-7-12-32(31)24-30/h6-7,11-12,16-21,24,33-35,42H,4-5,8-10,13-15,22-23,25-27H2,1-3H3,(H,43,48)(H,44,51)(H,45,49)(H,46,50)(H,47,52)(H,53,54). The number of unbranched alkanes of at least 4 members (excludes halogenated alkanes) is 2. The highest BCUT2D eigenvalue weighted by Crippen LogP contribution is 2.17. The molecule has 3 aromatic carbocycles. The molecule has 0 heterocycles. The lowest BCUT2D eigenvalue weighted by Crippen LogP contribution is -2.53. The zero-order chi connectivity index (χ0) is 39.3. The molecule has 0 saturated carbocycles. The molecule has 0 spiro atoms. The normalized spacial score (nSPS) is 12.6. The SMILES string of the molecule is CCCCNC(=O)C(Cc1ccc(C)cc1)NC(=O)CCCC(=O)NCCCCC(NC(=O)C(Cc1ccc2ccccc2c1)NC(=O)CNC)C(=O)O. The van der Waals surface area contributed by atoms with Gasteiger partial charge < -0.3 is 37.0 Å². The lowest BCUT2D eigenvalue weighted by molar-refractivity contribution is -0.142. The van der Waals surface area contributed by atoms with Crippen molar-refractivity contribution in [1.82, 2.24) is 31.9 Å². The fourth-order valence-corrected chi connectivity index (χ4v) is 5.89. The smallest absolute Gasteiger partial charge is 0.326 e. The average Bonchev–Trinajstić information content (AvgIpc) is 3.14. The molecule has 0 aliphatic rings. The highest BCUT2D eigenvalue weighted by atomic mass is 16.4. The second kappa shape index (κ2) is 23.4. The van der Waals surface area contributed by atoms with Crippen molar-refractivity contribution in [2.45, 2.75) is 96.2 Å². The second-order valence-electron chi connectivity index (χ2n) is 13.6. The van der Waals surface area contributed by atoms with E-state index in [2.05, 4.69) is 31.9 Å². The number of carbonyl (C=O) groups is 6. The summed E-state index contributed by atoms with van der Waals surface area (Å²) in [5.41, 5.74) is 2.85. The Balaban J connectivity index is 1.42. The van der Waals surface area contributed by atoms with Crippen molar-refractivity contribution < 1.29 is 33.9 Å². The van der Waals surface area contributed by atoms with E-state index in [1.54, 1.807) is 7.05 Å². The molecule has 0 aliphatic heterocycles. The Hall–Kier alpha value is -5.30. The molecule has 0 fully saturated rings. The van der Waals surface area contributed by atoms with Gasteiger partial charge >= 0.3 is 5.97 Å². The van der Waals surface area contributed by atoms with Gasteiger partial charge in [0.05, 0.1) is 6.54 Å². The molecule has 0 aliphatic carbocycles. The van der Waals surface area contributed by atoms with Crippen molar-refractivity contribution >= 4 is 46.3 Å². The molecular formula is C41H56N6O7. The van der Waals surface area contributed by atoms with Gasteiger partial charge in [-0.1, -0.05) is 85.6 Å². The Labute approximate surface area is 317 Å². The van der Waals surface area contributed by atoms with Crippen LogP contribution in [0.5, 0.6) is 0 Å². The molecule has 13 heteroatoms. The Morgan fingerprint density at radius 2 is 1.26 bits per heavy atom. The lowest BCUT2D eigenvalue weighted by atomic mass is 10.0. The first-order valence-corrected chi connectivity index (χ1v) is 18.8. The fraction of sp³-hybridized carbons (Fsp3) is 0.463. The van der Waals surface area contributed by atoms with Gasteiger partial charge in [0.15, 0.2) is 0 Å². The molecular weight excluding hydrogens is 688 g/mol. The third kappa shape index (κ3) is 15.7. The molecule has 0 aromatic heterocycles. The summed E-state index contributed by atoms with van der Waals surface area (Å²) in [6.07, 6.45) is 3.81. The molecule has 0 saturated heterocycles. The maximum Gasteiger partial charge on any atom is 0.326 e. The average molecular weight is 745 g/mol. The molecule has 3 aromatic rings. The molecule has 7 N–H and O–H groups in total. The van der Waals surface area contributed by atoms with Gasteiger partial charge in [-0.15, -0.1) is 0 Å². The summed E-state index contributed by atoms with van der Waals surface area (Å²) >= 11 is 0. The second-order valence-corrected chi connectivity index (χ2v) is 13.6. The van der Waals surface area contributed by atoms with E-state index in [9.17, 15) is 33.9 Å². The van der Waals surface area contributed by atoms with E-state index >= 15 is 0 Å². The van der Waals surface area contributed by atoms with Crippen molar-refractivity contribution in [2.75, 3.05) is 26.7 Å². The maximum atomic E-state index is 13.3. The quantitative estimate of drug-likeness (QED) is 0.0680. The minimum atomic E-state index is -1.20. The first-order valence-electron chi connectivity index (χ1n) is 18.8. The Morgan fingerprint density at radius 3 is 1.96 bits per heavy atom. The number of amides is 5. The first kappa shape index (κ1) is 43.1. The first-order chi connectivity index (χ1) is 26.0. The molecule has 292 valence electrons. The van der Waals surface area contributed by atoms with Gasteiger partial charge in [-0.2, -0.15) is 0 Å². The van der Waals surface area contributed by atoms with E-state index in [0.29, 0.717) is 38.8 Å². The number of hydrogen-bond donors (Lipinski definition) is 7. The zero-order valence-electron chi connectivity index (χ0n) is 31.7. The van der Waals surface area contributed by atoms with E-state index in [4.69, 9.17) is 0 Å². The highest BCUT2D eigenvalue weighted by Gasteiger charge is 2.27. The van der Waals surface area contributed by atoms with Crippen molar-refractivity contribution in [3.05, 3.63) is 83.4 Å². The van der Waals surface area contributed by atoms with Gasteiger partial charge in [0, 0.05) is 38.8 Å². The summed E-state index contributed by atoms with van der Waals surface area (Å²) in [5, 5.41) is 28.4. The number of carboxylic acids is 1. The topological polar surface area (TPSA) is 195 Å². The molecule has 0 bridgehead atoms.